The number of methoxy groups -OCH3 is 2. The number of phenolic OH excluding ortho intramolecular Hbond substituents is 2. The summed E-state index contributed by atoms with van der Waals surface area (Å²) in [6, 6.07) is 15.9. The zero-order valence-corrected chi connectivity index (χ0v) is 21.4. The summed E-state index contributed by atoms with van der Waals surface area (Å²) in [6.45, 7) is 4.31. The summed E-state index contributed by atoms with van der Waals surface area (Å²) in [5, 5.41) is 21.3. The molecule has 0 aromatic heterocycles. The molecular formula is C29H32N2O6. The van der Waals surface area contributed by atoms with Crippen molar-refractivity contribution in [2.45, 2.75) is 19.8 Å². The van der Waals surface area contributed by atoms with Crippen LogP contribution in [0.5, 0.6) is 23.0 Å². The molecule has 0 bridgehead atoms. The van der Waals surface area contributed by atoms with Crippen LogP contribution in [-0.4, -0.2) is 67.2 Å². The number of ketones is 1. The fourth-order valence-electron chi connectivity index (χ4n) is 4.83. The van der Waals surface area contributed by atoms with Crippen molar-refractivity contribution in [3.05, 3.63) is 76.9 Å². The van der Waals surface area contributed by atoms with Crippen LogP contribution in [-0.2, 0) is 17.6 Å². The van der Waals surface area contributed by atoms with Gasteiger partial charge < -0.3 is 29.5 Å². The smallest absolute Gasteiger partial charge is 0.227 e. The zero-order chi connectivity index (χ0) is 26.5. The Kier molecular flexibility index (Phi) is 7.86. The van der Waals surface area contributed by atoms with Gasteiger partial charge in [-0.05, 0) is 47.9 Å². The number of phenols is 2. The largest absolute Gasteiger partial charge is 0.508 e. The Morgan fingerprint density at radius 1 is 0.838 bits per heavy atom. The van der Waals surface area contributed by atoms with E-state index >= 15 is 0 Å². The maximum Gasteiger partial charge on any atom is 0.227 e. The molecule has 0 atom stereocenters. The summed E-state index contributed by atoms with van der Waals surface area (Å²) in [7, 11) is 2.98. The predicted octanol–water partition coefficient (Wildman–Crippen LogP) is 3.80. The number of carbonyl (C=O) groups is 2. The van der Waals surface area contributed by atoms with Crippen molar-refractivity contribution in [1.82, 2.24) is 4.90 Å². The van der Waals surface area contributed by atoms with Gasteiger partial charge in [-0.15, -0.1) is 0 Å². The molecule has 0 radical (unpaired) electrons. The fraction of sp³-hybridized carbons (Fsp3) is 0.310. The van der Waals surface area contributed by atoms with Crippen LogP contribution < -0.4 is 14.4 Å². The molecule has 3 aromatic rings. The van der Waals surface area contributed by atoms with Gasteiger partial charge in [-0.1, -0.05) is 25.1 Å². The number of benzene rings is 3. The van der Waals surface area contributed by atoms with Crippen LogP contribution in [0, 0.1) is 0 Å². The minimum Gasteiger partial charge on any atom is -0.508 e. The van der Waals surface area contributed by atoms with Gasteiger partial charge in [0.05, 0.1) is 26.2 Å². The number of hydrogen-bond donors (Lipinski definition) is 2. The molecule has 1 heterocycles. The minimum absolute atomic E-state index is 0.0122. The first-order valence-corrected chi connectivity index (χ1v) is 12.3. The van der Waals surface area contributed by atoms with Crippen molar-refractivity contribution in [3.8, 4) is 23.0 Å². The zero-order valence-electron chi connectivity index (χ0n) is 21.4. The Hall–Kier alpha value is -4.20. The van der Waals surface area contributed by atoms with E-state index < -0.39 is 5.78 Å². The maximum atomic E-state index is 13.6. The summed E-state index contributed by atoms with van der Waals surface area (Å²) in [5.74, 6) is -0.296. The third-order valence-corrected chi connectivity index (χ3v) is 6.81. The molecule has 1 fully saturated rings. The maximum absolute atomic E-state index is 13.6. The van der Waals surface area contributed by atoms with Crippen molar-refractivity contribution in [3.63, 3.8) is 0 Å². The third kappa shape index (κ3) is 5.33. The van der Waals surface area contributed by atoms with E-state index in [-0.39, 0.29) is 35.0 Å². The monoisotopic (exact) mass is 504 g/mol. The van der Waals surface area contributed by atoms with Crippen LogP contribution in [0.4, 0.5) is 5.69 Å². The number of ether oxygens (including phenoxy) is 2. The summed E-state index contributed by atoms with van der Waals surface area (Å²) >= 11 is 0. The minimum atomic E-state index is -0.468. The Morgan fingerprint density at radius 2 is 1.51 bits per heavy atom. The normalized spacial score (nSPS) is 13.4. The number of aromatic hydroxyl groups is 2. The molecule has 1 aliphatic rings. The standard InChI is InChI=1S/C29H32N2O6/c1-4-21-22(17-27(34)31-14-12-30(13-15-31)20-8-6-5-7-9-20)28(24(33)18-23(21)32)29(35)19-10-11-25(36-2)26(16-19)37-3/h5-11,16,18,32-33H,4,12-15,17H2,1-3H3. The Labute approximate surface area is 216 Å². The molecule has 1 saturated heterocycles. The highest BCUT2D eigenvalue weighted by Gasteiger charge is 2.28. The van der Waals surface area contributed by atoms with Crippen molar-refractivity contribution in [2.24, 2.45) is 0 Å². The van der Waals surface area contributed by atoms with Gasteiger partial charge in [0, 0.05) is 43.5 Å². The van der Waals surface area contributed by atoms with Gasteiger partial charge in [0.2, 0.25) is 5.91 Å². The molecule has 0 spiro atoms. The van der Waals surface area contributed by atoms with Crippen LogP contribution in [0.1, 0.15) is 34.0 Å². The molecule has 0 saturated carbocycles. The number of nitrogens with zero attached hydrogens (tertiary/aromatic N) is 2. The van der Waals surface area contributed by atoms with E-state index in [1.807, 2.05) is 37.3 Å². The Balaban J connectivity index is 1.62. The molecule has 0 unspecified atom stereocenters. The lowest BCUT2D eigenvalue weighted by molar-refractivity contribution is -0.130. The van der Waals surface area contributed by atoms with Gasteiger partial charge >= 0.3 is 0 Å². The number of carbonyl (C=O) groups excluding carboxylic acids is 2. The van der Waals surface area contributed by atoms with Crippen molar-refractivity contribution < 1.29 is 29.3 Å². The van der Waals surface area contributed by atoms with Crippen molar-refractivity contribution in [1.29, 1.82) is 0 Å². The lowest BCUT2D eigenvalue weighted by Gasteiger charge is -2.36. The van der Waals surface area contributed by atoms with Gasteiger partial charge in [0.15, 0.2) is 17.3 Å². The second kappa shape index (κ2) is 11.2. The van der Waals surface area contributed by atoms with E-state index in [0.717, 1.165) is 5.69 Å². The second-order valence-electron chi connectivity index (χ2n) is 8.88. The van der Waals surface area contributed by atoms with E-state index in [4.69, 9.17) is 9.47 Å². The average molecular weight is 505 g/mol. The molecule has 2 N–H and O–H groups in total. The van der Waals surface area contributed by atoms with Crippen LogP contribution in [0.3, 0.4) is 0 Å². The average Bonchev–Trinajstić information content (AvgIpc) is 2.93. The van der Waals surface area contributed by atoms with Crippen LogP contribution in [0.25, 0.3) is 0 Å². The summed E-state index contributed by atoms with van der Waals surface area (Å²) in [4.78, 5) is 31.0. The van der Waals surface area contributed by atoms with E-state index in [1.54, 1.807) is 17.0 Å². The van der Waals surface area contributed by atoms with Gasteiger partial charge in [-0.3, -0.25) is 9.59 Å². The van der Waals surface area contributed by atoms with Gasteiger partial charge in [0.25, 0.3) is 0 Å². The third-order valence-electron chi connectivity index (χ3n) is 6.81. The van der Waals surface area contributed by atoms with Crippen molar-refractivity contribution >= 4 is 17.4 Å². The molecule has 1 amide bonds. The lowest BCUT2D eigenvalue weighted by Crippen LogP contribution is -2.49. The highest BCUT2D eigenvalue weighted by molar-refractivity contribution is 6.12. The lowest BCUT2D eigenvalue weighted by atomic mass is 9.89. The molecule has 4 rings (SSSR count). The van der Waals surface area contributed by atoms with Crippen LogP contribution in [0.15, 0.2) is 54.6 Å². The Morgan fingerprint density at radius 3 is 2.14 bits per heavy atom. The molecule has 1 aliphatic heterocycles. The van der Waals surface area contributed by atoms with Crippen LogP contribution >= 0.6 is 0 Å². The van der Waals surface area contributed by atoms with E-state index in [0.29, 0.717) is 55.2 Å². The molecule has 194 valence electrons. The highest BCUT2D eigenvalue weighted by atomic mass is 16.5. The first kappa shape index (κ1) is 25.9. The van der Waals surface area contributed by atoms with E-state index in [9.17, 15) is 19.8 Å². The topological polar surface area (TPSA) is 99.5 Å². The first-order chi connectivity index (χ1) is 17.9. The summed E-state index contributed by atoms with van der Waals surface area (Å²) in [6.07, 6.45) is 0.285. The molecule has 8 nitrogen and oxygen atoms in total. The molecule has 8 heteroatoms. The highest BCUT2D eigenvalue weighted by Crippen LogP contribution is 2.36. The van der Waals surface area contributed by atoms with Crippen LogP contribution in [0.2, 0.25) is 0 Å². The van der Waals surface area contributed by atoms with Crippen molar-refractivity contribution in [2.75, 3.05) is 45.3 Å². The van der Waals surface area contributed by atoms with Gasteiger partial charge in [-0.25, -0.2) is 0 Å². The molecule has 37 heavy (non-hydrogen) atoms. The Bertz CT molecular complexity index is 1280. The summed E-state index contributed by atoms with van der Waals surface area (Å²) < 4.78 is 10.6. The molecule has 3 aromatic carbocycles. The number of rotatable bonds is 8. The number of amides is 1. The van der Waals surface area contributed by atoms with E-state index in [2.05, 4.69) is 4.90 Å². The number of anilines is 1. The summed E-state index contributed by atoms with van der Waals surface area (Å²) in [5.41, 5.74) is 2.21. The quantitative estimate of drug-likeness (QED) is 0.450. The van der Waals surface area contributed by atoms with Gasteiger partial charge in [-0.2, -0.15) is 0 Å². The van der Waals surface area contributed by atoms with E-state index in [1.165, 1.54) is 26.4 Å². The number of para-hydroxylation sites is 1. The predicted molar refractivity (Wildman–Crippen MR) is 141 cm³/mol. The second-order valence-corrected chi connectivity index (χ2v) is 8.88. The first-order valence-electron chi connectivity index (χ1n) is 12.3. The fourth-order valence-corrected chi connectivity index (χ4v) is 4.83. The SMILES string of the molecule is CCc1c(O)cc(O)c(C(=O)c2ccc(OC)c(OC)c2)c1CC(=O)N1CCN(c2ccccc2)CC1. The molecule has 0 aliphatic carbocycles. The van der Waals surface area contributed by atoms with Gasteiger partial charge in [0.1, 0.15) is 11.5 Å². The number of hydrogen-bond acceptors (Lipinski definition) is 7. The number of piperazine rings is 1. The molecular weight excluding hydrogens is 472 g/mol.